The molecule has 0 amide bonds. The van der Waals surface area contributed by atoms with Gasteiger partial charge in [-0.05, 0) is 18.6 Å². The average Bonchev–Trinajstić information content (AvgIpc) is 2.49. The normalized spacial score (nSPS) is 10.8. The molecule has 1 aromatic heterocycles. The van der Waals surface area contributed by atoms with E-state index in [1.807, 2.05) is 12.1 Å². The molecule has 0 bridgehead atoms. The van der Waals surface area contributed by atoms with Gasteiger partial charge in [-0.15, -0.1) is 11.3 Å². The zero-order valence-corrected chi connectivity index (χ0v) is 7.56. The Morgan fingerprint density at radius 2 is 2.33 bits per heavy atom. The van der Waals surface area contributed by atoms with Gasteiger partial charge in [-0.2, -0.15) is 0 Å². The van der Waals surface area contributed by atoms with Crippen LogP contribution in [0.3, 0.4) is 0 Å². The number of hydrogen-bond donors (Lipinski definition) is 1. The highest BCUT2D eigenvalue weighted by Crippen LogP contribution is 2.28. The van der Waals surface area contributed by atoms with Gasteiger partial charge in [0.25, 0.3) is 0 Å². The van der Waals surface area contributed by atoms with E-state index in [0.717, 1.165) is 21.6 Å². The lowest BCUT2D eigenvalue weighted by Crippen LogP contribution is -1.74. The number of thiazole rings is 1. The van der Waals surface area contributed by atoms with Crippen LogP contribution < -0.4 is 0 Å². The standard InChI is InChI=1S/C9H9NOS/c1-2-8-10-9-6(11)4-3-5-7(9)12-8/h3-5,11H,2H2,1H3. The Bertz CT molecular complexity index is 408. The summed E-state index contributed by atoms with van der Waals surface area (Å²) in [5.74, 6) is 0.281. The Morgan fingerprint density at radius 3 is 3.00 bits per heavy atom. The van der Waals surface area contributed by atoms with Crippen LogP contribution in [0.25, 0.3) is 10.2 Å². The minimum atomic E-state index is 0.281. The number of fused-ring (bicyclic) bond motifs is 1. The summed E-state index contributed by atoms with van der Waals surface area (Å²) in [5.41, 5.74) is 0.736. The fourth-order valence-corrected chi connectivity index (χ4v) is 2.06. The highest BCUT2D eigenvalue weighted by molar-refractivity contribution is 7.18. The maximum Gasteiger partial charge on any atom is 0.142 e. The van der Waals surface area contributed by atoms with E-state index >= 15 is 0 Å². The molecule has 0 saturated heterocycles. The number of phenolic OH excluding ortho intramolecular Hbond substituents is 1. The maximum atomic E-state index is 9.42. The van der Waals surface area contributed by atoms with Crippen LogP contribution in [0.5, 0.6) is 5.75 Å². The number of hydrogen-bond acceptors (Lipinski definition) is 3. The Kier molecular flexibility index (Phi) is 1.73. The largest absolute Gasteiger partial charge is 0.506 e. The SMILES string of the molecule is CCc1nc2c(O)cccc2s1. The summed E-state index contributed by atoms with van der Waals surface area (Å²) in [6.45, 7) is 2.06. The van der Waals surface area contributed by atoms with Crippen LogP contribution in [0.1, 0.15) is 11.9 Å². The van der Waals surface area contributed by atoms with E-state index in [0.29, 0.717) is 0 Å². The molecule has 1 aromatic carbocycles. The van der Waals surface area contributed by atoms with Crippen molar-refractivity contribution in [2.45, 2.75) is 13.3 Å². The van der Waals surface area contributed by atoms with Gasteiger partial charge in [-0.1, -0.05) is 13.0 Å². The molecule has 12 heavy (non-hydrogen) atoms. The molecule has 0 aliphatic heterocycles. The Labute approximate surface area is 74.5 Å². The molecule has 1 heterocycles. The second-order valence-electron chi connectivity index (χ2n) is 2.59. The summed E-state index contributed by atoms with van der Waals surface area (Å²) in [6, 6.07) is 5.49. The van der Waals surface area contributed by atoms with Gasteiger partial charge in [0.15, 0.2) is 0 Å². The molecule has 2 rings (SSSR count). The molecule has 2 nitrogen and oxygen atoms in total. The number of aromatic hydroxyl groups is 1. The third-order valence-corrected chi connectivity index (χ3v) is 2.91. The van der Waals surface area contributed by atoms with Crippen molar-refractivity contribution in [3.63, 3.8) is 0 Å². The molecule has 0 atom stereocenters. The summed E-state index contributed by atoms with van der Waals surface area (Å²) < 4.78 is 1.06. The van der Waals surface area contributed by atoms with E-state index in [-0.39, 0.29) is 5.75 Å². The number of aromatic nitrogens is 1. The predicted molar refractivity (Wildman–Crippen MR) is 50.7 cm³/mol. The molecule has 0 spiro atoms. The lowest BCUT2D eigenvalue weighted by Gasteiger charge is -1.89. The smallest absolute Gasteiger partial charge is 0.142 e. The molecule has 0 aliphatic rings. The molecule has 0 radical (unpaired) electrons. The third kappa shape index (κ3) is 1.06. The quantitative estimate of drug-likeness (QED) is 0.729. The lowest BCUT2D eigenvalue weighted by molar-refractivity contribution is 0.480. The summed E-state index contributed by atoms with van der Waals surface area (Å²) >= 11 is 1.64. The second kappa shape index (κ2) is 2.75. The van der Waals surface area contributed by atoms with E-state index in [4.69, 9.17) is 0 Å². The Balaban J connectivity index is 2.74. The Hall–Kier alpha value is -1.09. The number of para-hydroxylation sites is 1. The van der Waals surface area contributed by atoms with Gasteiger partial charge in [0.2, 0.25) is 0 Å². The first-order chi connectivity index (χ1) is 5.81. The molecule has 2 aromatic rings. The minimum absolute atomic E-state index is 0.281. The summed E-state index contributed by atoms with van der Waals surface area (Å²) in [7, 11) is 0. The lowest BCUT2D eigenvalue weighted by atomic mass is 10.3. The highest BCUT2D eigenvalue weighted by Gasteiger charge is 2.04. The van der Waals surface area contributed by atoms with E-state index in [1.54, 1.807) is 17.4 Å². The van der Waals surface area contributed by atoms with Gasteiger partial charge < -0.3 is 5.11 Å². The molecule has 0 saturated carbocycles. The number of rotatable bonds is 1. The second-order valence-corrected chi connectivity index (χ2v) is 3.70. The van der Waals surface area contributed by atoms with Crippen molar-refractivity contribution in [3.05, 3.63) is 23.2 Å². The molecular formula is C9H9NOS. The zero-order chi connectivity index (χ0) is 8.55. The van der Waals surface area contributed by atoms with Gasteiger partial charge in [0.05, 0.1) is 9.71 Å². The number of benzene rings is 1. The zero-order valence-electron chi connectivity index (χ0n) is 6.74. The fourth-order valence-electron chi connectivity index (χ4n) is 1.13. The van der Waals surface area contributed by atoms with Crippen LogP contribution in [0.2, 0.25) is 0 Å². The molecule has 62 valence electrons. The summed E-state index contributed by atoms with van der Waals surface area (Å²) in [6.07, 6.45) is 0.929. The van der Waals surface area contributed by atoms with E-state index in [9.17, 15) is 5.11 Å². The first-order valence-corrected chi connectivity index (χ1v) is 4.70. The number of nitrogens with zero attached hydrogens (tertiary/aromatic N) is 1. The van der Waals surface area contributed by atoms with E-state index in [2.05, 4.69) is 11.9 Å². The number of aryl methyl sites for hydroxylation is 1. The Morgan fingerprint density at radius 1 is 1.50 bits per heavy atom. The summed E-state index contributed by atoms with van der Waals surface area (Å²) in [4.78, 5) is 4.30. The van der Waals surface area contributed by atoms with Crippen LogP contribution >= 0.6 is 11.3 Å². The van der Waals surface area contributed by atoms with Crippen molar-refractivity contribution in [2.24, 2.45) is 0 Å². The minimum Gasteiger partial charge on any atom is -0.506 e. The van der Waals surface area contributed by atoms with Crippen LogP contribution in [0, 0.1) is 0 Å². The van der Waals surface area contributed by atoms with E-state index < -0.39 is 0 Å². The topological polar surface area (TPSA) is 33.1 Å². The maximum absolute atomic E-state index is 9.42. The van der Waals surface area contributed by atoms with Crippen molar-refractivity contribution in [2.75, 3.05) is 0 Å². The molecule has 0 fully saturated rings. The predicted octanol–water partition coefficient (Wildman–Crippen LogP) is 2.56. The third-order valence-electron chi connectivity index (χ3n) is 1.74. The first kappa shape index (κ1) is 7.55. The fraction of sp³-hybridized carbons (Fsp3) is 0.222. The van der Waals surface area contributed by atoms with Crippen molar-refractivity contribution in [3.8, 4) is 5.75 Å². The molecule has 3 heteroatoms. The van der Waals surface area contributed by atoms with Gasteiger partial charge in [0.1, 0.15) is 11.3 Å². The van der Waals surface area contributed by atoms with Crippen molar-refractivity contribution < 1.29 is 5.11 Å². The molecule has 0 aliphatic carbocycles. The molecule has 1 N–H and O–H groups in total. The first-order valence-electron chi connectivity index (χ1n) is 3.88. The van der Waals surface area contributed by atoms with Crippen LogP contribution in [0.15, 0.2) is 18.2 Å². The summed E-state index contributed by atoms with van der Waals surface area (Å²) in [5, 5.41) is 10.5. The van der Waals surface area contributed by atoms with Crippen LogP contribution in [-0.4, -0.2) is 10.1 Å². The van der Waals surface area contributed by atoms with Crippen LogP contribution in [-0.2, 0) is 6.42 Å². The monoisotopic (exact) mass is 179 g/mol. The van der Waals surface area contributed by atoms with Crippen LogP contribution in [0.4, 0.5) is 0 Å². The number of phenols is 1. The van der Waals surface area contributed by atoms with Gasteiger partial charge in [0, 0.05) is 0 Å². The van der Waals surface area contributed by atoms with Crippen molar-refractivity contribution in [1.82, 2.24) is 4.98 Å². The van der Waals surface area contributed by atoms with Crippen molar-refractivity contribution in [1.29, 1.82) is 0 Å². The highest BCUT2D eigenvalue weighted by atomic mass is 32.1. The molecule has 0 unspecified atom stereocenters. The molecular weight excluding hydrogens is 170 g/mol. The van der Waals surface area contributed by atoms with Gasteiger partial charge in [-0.25, -0.2) is 4.98 Å². The van der Waals surface area contributed by atoms with Gasteiger partial charge in [-0.3, -0.25) is 0 Å². The van der Waals surface area contributed by atoms with Gasteiger partial charge >= 0.3 is 0 Å². The van der Waals surface area contributed by atoms with E-state index in [1.165, 1.54) is 0 Å². The van der Waals surface area contributed by atoms with Crippen molar-refractivity contribution >= 4 is 21.6 Å². The average molecular weight is 179 g/mol.